The number of ether oxygens (including phenoxy) is 2. The van der Waals surface area contributed by atoms with Gasteiger partial charge in [-0.05, 0) is 86.4 Å². The van der Waals surface area contributed by atoms with Gasteiger partial charge in [0.05, 0.1) is 10.9 Å². The van der Waals surface area contributed by atoms with Crippen molar-refractivity contribution < 1.29 is 24.2 Å². The Labute approximate surface area is 221 Å². The van der Waals surface area contributed by atoms with E-state index in [1.54, 1.807) is 36.0 Å². The smallest absolute Gasteiger partial charge is 0.265 e. The van der Waals surface area contributed by atoms with Gasteiger partial charge in [-0.15, -0.1) is 11.8 Å². The normalized spacial score (nSPS) is 15.6. The third-order valence-electron chi connectivity index (χ3n) is 6.08. The van der Waals surface area contributed by atoms with Gasteiger partial charge in [-0.2, -0.15) is 0 Å². The van der Waals surface area contributed by atoms with E-state index in [2.05, 4.69) is 10.6 Å². The van der Waals surface area contributed by atoms with E-state index in [0.717, 1.165) is 35.4 Å². The van der Waals surface area contributed by atoms with E-state index < -0.39 is 6.10 Å². The Bertz CT molecular complexity index is 1240. The molecule has 1 aliphatic heterocycles. The van der Waals surface area contributed by atoms with Crippen molar-refractivity contribution in [2.24, 2.45) is 0 Å². The summed E-state index contributed by atoms with van der Waals surface area (Å²) in [5, 5.41) is 16.1. The number of phenolic OH excluding ortho intramolecular Hbond substituents is 1. The lowest BCUT2D eigenvalue weighted by molar-refractivity contribution is -0.122. The summed E-state index contributed by atoms with van der Waals surface area (Å²) in [5.41, 5.74) is 2.68. The fourth-order valence-electron chi connectivity index (χ4n) is 4.19. The van der Waals surface area contributed by atoms with Crippen LogP contribution in [0.15, 0.2) is 60.7 Å². The molecule has 1 fully saturated rings. The molecule has 37 heavy (non-hydrogen) atoms. The molecule has 194 valence electrons. The molecule has 3 aromatic carbocycles. The van der Waals surface area contributed by atoms with Gasteiger partial charge in [0.15, 0.2) is 6.10 Å². The predicted molar refractivity (Wildman–Crippen MR) is 148 cm³/mol. The van der Waals surface area contributed by atoms with Crippen molar-refractivity contribution in [2.45, 2.75) is 51.4 Å². The molecule has 0 spiro atoms. The Kier molecular flexibility index (Phi) is 8.61. The van der Waals surface area contributed by atoms with Gasteiger partial charge in [0, 0.05) is 11.8 Å². The van der Waals surface area contributed by atoms with E-state index in [1.807, 2.05) is 51.1 Å². The van der Waals surface area contributed by atoms with Crippen molar-refractivity contribution in [3.05, 3.63) is 71.8 Å². The molecule has 2 unspecified atom stereocenters. The zero-order chi connectivity index (χ0) is 26.4. The summed E-state index contributed by atoms with van der Waals surface area (Å²) in [5.74, 6) is 2.31. The predicted octanol–water partition coefficient (Wildman–Crippen LogP) is 6.43. The third-order valence-corrected chi connectivity index (χ3v) is 7.46. The average molecular weight is 521 g/mol. The number of anilines is 2. The Morgan fingerprint density at radius 2 is 1.76 bits per heavy atom. The van der Waals surface area contributed by atoms with Crippen molar-refractivity contribution >= 4 is 35.0 Å². The van der Waals surface area contributed by atoms with Crippen LogP contribution in [0.2, 0.25) is 0 Å². The van der Waals surface area contributed by atoms with Crippen molar-refractivity contribution in [1.82, 2.24) is 0 Å². The second-order valence-corrected chi connectivity index (χ2v) is 10.3. The van der Waals surface area contributed by atoms with Crippen LogP contribution >= 0.6 is 11.8 Å². The van der Waals surface area contributed by atoms with Crippen LogP contribution in [0.4, 0.5) is 11.4 Å². The van der Waals surface area contributed by atoms with Crippen LogP contribution in [0.3, 0.4) is 0 Å². The Morgan fingerprint density at radius 1 is 1.03 bits per heavy atom. The van der Waals surface area contributed by atoms with Gasteiger partial charge in [-0.1, -0.05) is 25.1 Å². The van der Waals surface area contributed by atoms with Gasteiger partial charge in [0.1, 0.15) is 23.0 Å². The molecule has 7 nitrogen and oxygen atoms in total. The van der Waals surface area contributed by atoms with Crippen LogP contribution < -0.4 is 20.1 Å². The molecule has 2 amide bonds. The molecular weight excluding hydrogens is 488 g/mol. The summed E-state index contributed by atoms with van der Waals surface area (Å²) < 4.78 is 12.0. The molecule has 0 aliphatic carbocycles. The Hall–Kier alpha value is -3.65. The summed E-state index contributed by atoms with van der Waals surface area (Å²) in [7, 11) is 0. The van der Waals surface area contributed by atoms with Crippen molar-refractivity contribution in [3.8, 4) is 23.0 Å². The number of hydrogen-bond donors (Lipinski definition) is 3. The number of hydrogen-bond acceptors (Lipinski definition) is 6. The molecule has 3 N–H and O–H groups in total. The van der Waals surface area contributed by atoms with E-state index in [-0.39, 0.29) is 28.5 Å². The number of aromatic hydroxyl groups is 1. The van der Waals surface area contributed by atoms with E-state index >= 15 is 0 Å². The zero-order valence-corrected chi connectivity index (χ0v) is 22.1. The molecule has 2 atom stereocenters. The molecule has 3 aromatic rings. The highest BCUT2D eigenvalue weighted by Gasteiger charge is 2.24. The maximum absolute atomic E-state index is 12.9. The summed E-state index contributed by atoms with van der Waals surface area (Å²) >= 11 is 1.70. The fourth-order valence-corrected chi connectivity index (χ4v) is 5.35. The van der Waals surface area contributed by atoms with Crippen LogP contribution in [-0.4, -0.2) is 34.0 Å². The number of thioether (sulfide) groups is 1. The quantitative estimate of drug-likeness (QED) is 0.281. The number of phenols is 1. The number of aryl methyl sites for hydroxylation is 2. The molecular formula is C29H32N2O5S. The van der Waals surface area contributed by atoms with E-state index in [4.69, 9.17) is 9.47 Å². The highest BCUT2D eigenvalue weighted by atomic mass is 32.2. The van der Waals surface area contributed by atoms with Gasteiger partial charge in [-0.3, -0.25) is 9.59 Å². The fraction of sp³-hybridized carbons (Fsp3) is 0.310. The van der Waals surface area contributed by atoms with Gasteiger partial charge >= 0.3 is 0 Å². The highest BCUT2D eigenvalue weighted by molar-refractivity contribution is 8.00. The summed E-state index contributed by atoms with van der Waals surface area (Å²) in [4.78, 5) is 25.4. The zero-order valence-electron chi connectivity index (χ0n) is 21.2. The van der Waals surface area contributed by atoms with Crippen LogP contribution in [0.1, 0.15) is 37.3 Å². The van der Waals surface area contributed by atoms with E-state index in [1.165, 1.54) is 6.07 Å². The first-order valence-electron chi connectivity index (χ1n) is 12.4. The van der Waals surface area contributed by atoms with Crippen LogP contribution in [0.5, 0.6) is 23.0 Å². The minimum Gasteiger partial charge on any atom is -0.506 e. The summed E-state index contributed by atoms with van der Waals surface area (Å²) in [6, 6.07) is 17.6. The average Bonchev–Trinajstić information content (AvgIpc) is 3.42. The third kappa shape index (κ3) is 6.77. The van der Waals surface area contributed by atoms with Crippen molar-refractivity contribution in [2.75, 3.05) is 16.4 Å². The van der Waals surface area contributed by atoms with Crippen LogP contribution in [0, 0.1) is 13.8 Å². The SMILES string of the molecule is CCC(Oc1ccccc1)C(=O)Nc1cc(Oc2c(C)cc(NC(=O)C3CCCS3)cc2C)ccc1O. The van der Waals surface area contributed by atoms with Crippen molar-refractivity contribution in [3.63, 3.8) is 0 Å². The first-order valence-corrected chi connectivity index (χ1v) is 13.5. The maximum Gasteiger partial charge on any atom is 0.265 e. The number of nitrogens with one attached hydrogen (secondary N) is 2. The minimum atomic E-state index is -0.721. The molecule has 1 saturated heterocycles. The number of benzene rings is 3. The first-order chi connectivity index (χ1) is 17.8. The maximum atomic E-state index is 12.9. The van der Waals surface area contributed by atoms with Gasteiger partial charge in [0.25, 0.3) is 5.91 Å². The largest absolute Gasteiger partial charge is 0.506 e. The van der Waals surface area contributed by atoms with E-state index in [9.17, 15) is 14.7 Å². The molecule has 0 radical (unpaired) electrons. The number of rotatable bonds is 9. The molecule has 1 heterocycles. The lowest BCUT2D eigenvalue weighted by Crippen LogP contribution is -2.32. The topological polar surface area (TPSA) is 96.9 Å². The second-order valence-electron chi connectivity index (χ2n) is 9.03. The van der Waals surface area contributed by atoms with Gasteiger partial charge in [0.2, 0.25) is 5.91 Å². The summed E-state index contributed by atoms with van der Waals surface area (Å²) in [6.45, 7) is 5.69. The molecule has 0 bridgehead atoms. The first kappa shape index (κ1) is 26.4. The minimum absolute atomic E-state index is 0.00700. The molecule has 4 rings (SSSR count). The summed E-state index contributed by atoms with van der Waals surface area (Å²) in [6.07, 6.45) is 1.72. The standard InChI is InChI=1S/C29H32N2O5S/c1-4-25(35-21-9-6-5-7-10-21)28(33)31-23-17-22(12-13-24(23)32)36-27-18(2)15-20(16-19(27)3)30-29(34)26-11-8-14-37-26/h5-7,9-10,12-13,15-17,25-26,32H,4,8,11,14H2,1-3H3,(H,30,34)(H,31,33). The lowest BCUT2D eigenvalue weighted by atomic mass is 10.1. The van der Waals surface area contributed by atoms with Crippen LogP contribution in [0.25, 0.3) is 0 Å². The number of carbonyl (C=O) groups is 2. The number of carbonyl (C=O) groups excluding carboxylic acids is 2. The van der Waals surface area contributed by atoms with Crippen LogP contribution in [-0.2, 0) is 9.59 Å². The van der Waals surface area contributed by atoms with Gasteiger partial charge in [-0.25, -0.2) is 0 Å². The van der Waals surface area contributed by atoms with E-state index in [0.29, 0.717) is 23.7 Å². The monoisotopic (exact) mass is 520 g/mol. The number of para-hydroxylation sites is 1. The number of amides is 2. The van der Waals surface area contributed by atoms with Gasteiger partial charge < -0.3 is 25.2 Å². The molecule has 1 aliphatic rings. The second kappa shape index (κ2) is 12.1. The Balaban J connectivity index is 1.45. The molecule has 0 aromatic heterocycles. The Morgan fingerprint density at radius 3 is 2.41 bits per heavy atom. The molecule has 0 saturated carbocycles. The lowest BCUT2D eigenvalue weighted by Gasteiger charge is -2.19. The highest BCUT2D eigenvalue weighted by Crippen LogP contribution is 2.36. The van der Waals surface area contributed by atoms with Crippen molar-refractivity contribution in [1.29, 1.82) is 0 Å². The molecule has 8 heteroatoms.